The molecule has 2 aromatic carbocycles. The van der Waals surface area contributed by atoms with E-state index in [1.165, 1.54) is 30.3 Å². The lowest BCUT2D eigenvalue weighted by atomic mass is 10.1. The van der Waals surface area contributed by atoms with Crippen molar-refractivity contribution < 1.29 is 23.1 Å². The molecule has 9 heteroatoms. The van der Waals surface area contributed by atoms with Gasteiger partial charge in [-0.25, -0.2) is 13.6 Å². The minimum atomic E-state index is -4.01. The molecule has 0 atom stereocenters. The third kappa shape index (κ3) is 3.86. The Kier molecular flexibility index (Phi) is 4.69. The Morgan fingerprint density at radius 2 is 1.74 bits per heavy atom. The van der Waals surface area contributed by atoms with Crippen LogP contribution >= 0.6 is 11.6 Å². The zero-order chi connectivity index (χ0) is 17.2. The van der Waals surface area contributed by atoms with E-state index < -0.39 is 21.9 Å². The van der Waals surface area contributed by atoms with Crippen LogP contribution in [0.15, 0.2) is 47.4 Å². The summed E-state index contributed by atoms with van der Waals surface area (Å²) in [6.07, 6.45) is 0. The van der Waals surface area contributed by atoms with Gasteiger partial charge in [0.1, 0.15) is 0 Å². The molecule has 7 nitrogen and oxygen atoms in total. The highest BCUT2D eigenvalue weighted by atomic mass is 35.5. The van der Waals surface area contributed by atoms with Gasteiger partial charge in [0, 0.05) is 5.56 Å². The van der Waals surface area contributed by atoms with Crippen LogP contribution in [0.25, 0.3) is 0 Å². The number of primary sulfonamides is 1. The van der Waals surface area contributed by atoms with Gasteiger partial charge in [0.05, 0.1) is 27.1 Å². The van der Waals surface area contributed by atoms with Gasteiger partial charge < -0.3 is 15.2 Å². The van der Waals surface area contributed by atoms with E-state index in [1.807, 2.05) is 0 Å². The Balaban J connectivity index is 2.41. The van der Waals surface area contributed by atoms with Crippen LogP contribution in [0.5, 0.6) is 0 Å². The molecule has 0 aliphatic heterocycles. The number of aromatic carboxylic acids is 1. The first-order chi connectivity index (χ1) is 10.7. The molecule has 0 aliphatic carbocycles. The van der Waals surface area contributed by atoms with E-state index in [0.717, 1.165) is 12.1 Å². The molecule has 0 bridgehead atoms. The molecule has 23 heavy (non-hydrogen) atoms. The molecule has 0 fully saturated rings. The maximum atomic E-state index is 12.2. The van der Waals surface area contributed by atoms with E-state index in [2.05, 4.69) is 5.32 Å². The maximum Gasteiger partial charge on any atom is 0.257 e. The van der Waals surface area contributed by atoms with Gasteiger partial charge in [-0.15, -0.1) is 0 Å². The minimum absolute atomic E-state index is 0.00502. The molecular formula is C14H10ClN2O5S-. The number of carbonyl (C=O) groups is 2. The molecule has 0 aromatic heterocycles. The van der Waals surface area contributed by atoms with Crippen molar-refractivity contribution in [2.45, 2.75) is 4.90 Å². The van der Waals surface area contributed by atoms with E-state index in [4.69, 9.17) is 16.7 Å². The summed E-state index contributed by atoms with van der Waals surface area (Å²) in [5.41, 5.74) is -0.388. The van der Waals surface area contributed by atoms with Crippen LogP contribution < -0.4 is 15.6 Å². The smallest absolute Gasteiger partial charge is 0.257 e. The molecule has 1 amide bonds. The lowest BCUT2D eigenvalue weighted by Gasteiger charge is -2.12. The molecule has 2 aromatic rings. The summed E-state index contributed by atoms with van der Waals surface area (Å²) in [4.78, 5) is 23.0. The number of nitrogens with two attached hydrogens (primary N) is 1. The van der Waals surface area contributed by atoms with E-state index in [-0.39, 0.29) is 26.7 Å². The Hall–Kier alpha value is -2.42. The molecular weight excluding hydrogens is 344 g/mol. The van der Waals surface area contributed by atoms with Gasteiger partial charge in [0.25, 0.3) is 5.91 Å². The number of sulfonamides is 1. The summed E-state index contributed by atoms with van der Waals surface area (Å²) in [6.45, 7) is 0. The molecule has 0 radical (unpaired) electrons. The fourth-order valence-corrected chi connectivity index (χ4v) is 2.56. The van der Waals surface area contributed by atoms with Crippen LogP contribution in [-0.2, 0) is 10.0 Å². The van der Waals surface area contributed by atoms with Crippen molar-refractivity contribution >= 4 is 39.2 Å². The van der Waals surface area contributed by atoms with Crippen LogP contribution in [0.2, 0.25) is 5.02 Å². The minimum Gasteiger partial charge on any atom is -0.545 e. The highest BCUT2D eigenvalue weighted by Crippen LogP contribution is 2.22. The maximum absolute atomic E-state index is 12.2. The number of carbonyl (C=O) groups excluding carboxylic acids is 2. The van der Waals surface area contributed by atoms with E-state index in [0.29, 0.717) is 0 Å². The summed E-state index contributed by atoms with van der Waals surface area (Å²) >= 11 is 5.88. The van der Waals surface area contributed by atoms with Gasteiger partial charge in [-0.05, 0) is 24.3 Å². The zero-order valence-electron chi connectivity index (χ0n) is 11.4. The first-order valence-corrected chi connectivity index (χ1v) is 8.06. The summed E-state index contributed by atoms with van der Waals surface area (Å²) in [5, 5.41) is 18.3. The summed E-state index contributed by atoms with van der Waals surface area (Å²) in [6, 6.07) is 8.98. The third-order valence-corrected chi connectivity index (χ3v) is 4.15. The second-order valence-corrected chi connectivity index (χ2v) is 6.44. The number of halogens is 1. The van der Waals surface area contributed by atoms with Crippen molar-refractivity contribution in [3.05, 3.63) is 58.6 Å². The number of anilines is 1. The second-order valence-electron chi connectivity index (χ2n) is 4.47. The van der Waals surface area contributed by atoms with Crippen LogP contribution in [0.1, 0.15) is 20.7 Å². The fourth-order valence-electron chi connectivity index (χ4n) is 1.82. The number of amides is 1. The van der Waals surface area contributed by atoms with Crippen molar-refractivity contribution in [2.75, 3.05) is 5.32 Å². The molecule has 0 saturated heterocycles. The van der Waals surface area contributed by atoms with E-state index in [1.54, 1.807) is 0 Å². The van der Waals surface area contributed by atoms with Crippen LogP contribution in [0.4, 0.5) is 5.69 Å². The third-order valence-electron chi connectivity index (χ3n) is 2.91. The molecule has 0 aliphatic rings. The van der Waals surface area contributed by atoms with Crippen molar-refractivity contribution in [2.24, 2.45) is 5.14 Å². The fraction of sp³-hybridized carbons (Fsp3) is 0. The highest BCUT2D eigenvalue weighted by Gasteiger charge is 2.17. The summed E-state index contributed by atoms with van der Waals surface area (Å²) in [7, 11) is -4.01. The number of hydrogen-bond donors (Lipinski definition) is 2. The molecule has 2 rings (SSSR count). The zero-order valence-corrected chi connectivity index (χ0v) is 13.0. The monoisotopic (exact) mass is 353 g/mol. The van der Waals surface area contributed by atoms with E-state index in [9.17, 15) is 23.1 Å². The number of carboxylic acids is 1. The standard InChI is InChI=1S/C14H11ClN2O5S/c15-11-6-5-8(23(16,21)22)7-10(11)13(18)17-12-4-2-1-3-9(12)14(19)20/h1-7H,(H,17,18)(H,19,20)(H2,16,21,22)/p-1. The van der Waals surface area contributed by atoms with Crippen molar-refractivity contribution in [1.29, 1.82) is 0 Å². The highest BCUT2D eigenvalue weighted by molar-refractivity contribution is 7.89. The van der Waals surface area contributed by atoms with Crippen molar-refractivity contribution in [1.82, 2.24) is 0 Å². The van der Waals surface area contributed by atoms with Gasteiger partial charge in [0.15, 0.2) is 0 Å². The van der Waals surface area contributed by atoms with Gasteiger partial charge in [0.2, 0.25) is 10.0 Å². The van der Waals surface area contributed by atoms with Gasteiger partial charge in [-0.1, -0.05) is 29.8 Å². The normalized spacial score (nSPS) is 11.0. The predicted octanol–water partition coefficient (Wildman–Crippen LogP) is 0.603. The van der Waals surface area contributed by atoms with Crippen LogP contribution in [-0.4, -0.2) is 20.3 Å². The molecule has 3 N–H and O–H groups in total. The van der Waals surface area contributed by atoms with Gasteiger partial charge in [-0.2, -0.15) is 0 Å². The lowest BCUT2D eigenvalue weighted by molar-refractivity contribution is -0.254. The Morgan fingerprint density at radius 3 is 2.35 bits per heavy atom. The van der Waals surface area contributed by atoms with Gasteiger partial charge in [-0.3, -0.25) is 4.79 Å². The Morgan fingerprint density at radius 1 is 1.09 bits per heavy atom. The molecule has 0 unspecified atom stereocenters. The number of benzene rings is 2. The predicted molar refractivity (Wildman–Crippen MR) is 81.6 cm³/mol. The largest absolute Gasteiger partial charge is 0.545 e. The Bertz CT molecular complexity index is 896. The van der Waals surface area contributed by atoms with E-state index >= 15 is 0 Å². The molecule has 120 valence electrons. The molecule has 0 spiro atoms. The topological polar surface area (TPSA) is 129 Å². The number of hydrogen-bond acceptors (Lipinski definition) is 5. The average molecular weight is 354 g/mol. The molecule has 0 saturated carbocycles. The van der Waals surface area contributed by atoms with Gasteiger partial charge >= 0.3 is 0 Å². The Labute approximate surface area is 136 Å². The van der Waals surface area contributed by atoms with Crippen molar-refractivity contribution in [3.8, 4) is 0 Å². The quantitative estimate of drug-likeness (QED) is 0.831. The number of rotatable bonds is 4. The molecule has 0 heterocycles. The SMILES string of the molecule is NS(=O)(=O)c1ccc(Cl)c(C(=O)Nc2ccccc2C(=O)[O-])c1. The number of nitrogens with one attached hydrogen (secondary N) is 1. The van der Waals surface area contributed by atoms with Crippen molar-refractivity contribution in [3.63, 3.8) is 0 Å². The van der Waals surface area contributed by atoms with Crippen LogP contribution in [0, 0.1) is 0 Å². The van der Waals surface area contributed by atoms with Crippen LogP contribution in [0.3, 0.4) is 0 Å². The lowest BCUT2D eigenvalue weighted by Crippen LogP contribution is -2.25. The first-order valence-electron chi connectivity index (χ1n) is 6.14. The summed E-state index contributed by atoms with van der Waals surface area (Å²) < 4.78 is 22.7. The first kappa shape index (κ1) is 16.9. The number of carboxylic acid groups (broad SMARTS) is 1. The second kappa shape index (κ2) is 6.37. The number of para-hydroxylation sites is 1. The summed E-state index contributed by atoms with van der Waals surface area (Å²) in [5.74, 6) is -2.25. The average Bonchev–Trinajstić information content (AvgIpc) is 2.46.